The molecule has 4 amide bonds. The predicted octanol–water partition coefficient (Wildman–Crippen LogP) is -1.60. The second kappa shape index (κ2) is 13.3. The van der Waals surface area contributed by atoms with Crippen molar-refractivity contribution >= 4 is 29.6 Å². The van der Waals surface area contributed by atoms with E-state index in [4.69, 9.17) is 11.5 Å². The molecule has 0 spiro atoms. The van der Waals surface area contributed by atoms with Crippen molar-refractivity contribution in [3.63, 3.8) is 0 Å². The van der Waals surface area contributed by atoms with Gasteiger partial charge in [-0.05, 0) is 18.3 Å². The summed E-state index contributed by atoms with van der Waals surface area (Å²) in [4.78, 5) is 67.8. The highest BCUT2D eigenvalue weighted by Crippen LogP contribution is 2.08. The molecule has 13 heteroatoms. The van der Waals surface area contributed by atoms with Crippen LogP contribution in [0.2, 0.25) is 0 Å². The van der Waals surface area contributed by atoms with Crippen LogP contribution in [0.15, 0.2) is 12.5 Å². The highest BCUT2D eigenvalue weighted by Gasteiger charge is 2.32. The molecule has 0 saturated heterocycles. The summed E-state index contributed by atoms with van der Waals surface area (Å²) >= 11 is 0. The summed E-state index contributed by atoms with van der Waals surface area (Å²) in [5, 5.41) is 16.8. The van der Waals surface area contributed by atoms with Crippen LogP contribution < -0.4 is 27.4 Å². The molecule has 0 aliphatic carbocycles. The molecular formula is C21H35N7O6. The molecule has 1 heterocycles. The number of amides is 4. The Labute approximate surface area is 197 Å². The molecule has 34 heavy (non-hydrogen) atoms. The van der Waals surface area contributed by atoms with E-state index >= 15 is 0 Å². The number of rotatable bonds is 14. The Morgan fingerprint density at radius 1 is 0.971 bits per heavy atom. The molecule has 0 aromatic carbocycles. The second-order valence-corrected chi connectivity index (χ2v) is 8.87. The number of carboxylic acid groups (broad SMARTS) is 1. The standard InChI is InChI=1S/C21H35N7O6/c1-10(2)5-13(27-20(32)17(23)11(3)4)18(30)26-14(7-16(22)29)19(31)28-15(21(33)34)6-12-8-24-9-25-12/h8-11,13-15,17H,5-7,23H2,1-4H3,(H2,22,29)(H,24,25)(H,26,30)(H,27,32)(H,28,31)(H,33,34). The maximum atomic E-state index is 13.0. The topological polar surface area (TPSA) is 222 Å². The van der Waals surface area contributed by atoms with Gasteiger partial charge in [-0.15, -0.1) is 0 Å². The molecule has 1 rings (SSSR count). The molecule has 0 radical (unpaired) electrons. The van der Waals surface area contributed by atoms with Gasteiger partial charge in [0.25, 0.3) is 0 Å². The van der Waals surface area contributed by atoms with Gasteiger partial charge in [0.2, 0.25) is 23.6 Å². The number of primary amides is 1. The first-order valence-electron chi connectivity index (χ1n) is 11.0. The Morgan fingerprint density at radius 3 is 2.00 bits per heavy atom. The lowest BCUT2D eigenvalue weighted by atomic mass is 10.00. The number of imidazole rings is 1. The minimum Gasteiger partial charge on any atom is -0.480 e. The van der Waals surface area contributed by atoms with Crippen LogP contribution in [-0.2, 0) is 30.4 Å². The number of hydrogen-bond acceptors (Lipinski definition) is 7. The number of H-pyrrole nitrogens is 1. The summed E-state index contributed by atoms with van der Waals surface area (Å²) in [5.74, 6) is -4.53. The van der Waals surface area contributed by atoms with E-state index in [0.29, 0.717) is 5.69 Å². The lowest BCUT2D eigenvalue weighted by molar-refractivity contribution is -0.142. The zero-order valence-corrected chi connectivity index (χ0v) is 19.8. The van der Waals surface area contributed by atoms with Gasteiger partial charge in [0.05, 0.1) is 18.8 Å². The van der Waals surface area contributed by atoms with Crippen molar-refractivity contribution in [1.29, 1.82) is 0 Å². The van der Waals surface area contributed by atoms with Crippen LogP contribution in [0, 0.1) is 11.8 Å². The molecule has 0 aliphatic heterocycles. The number of hydrogen-bond donors (Lipinski definition) is 7. The Hall–Kier alpha value is -3.48. The van der Waals surface area contributed by atoms with Gasteiger partial charge in [0, 0.05) is 18.3 Å². The van der Waals surface area contributed by atoms with Gasteiger partial charge in [0.15, 0.2) is 0 Å². The molecule has 13 nitrogen and oxygen atoms in total. The number of nitrogens with two attached hydrogens (primary N) is 2. The average Bonchev–Trinajstić information content (AvgIpc) is 3.23. The minimum absolute atomic E-state index is 0.000498. The third kappa shape index (κ3) is 9.57. The van der Waals surface area contributed by atoms with Crippen LogP contribution in [0.5, 0.6) is 0 Å². The van der Waals surface area contributed by atoms with Crippen LogP contribution >= 0.6 is 0 Å². The first kappa shape index (κ1) is 28.6. The predicted molar refractivity (Wildman–Crippen MR) is 122 cm³/mol. The zero-order chi connectivity index (χ0) is 26.0. The number of aromatic amines is 1. The fraction of sp³-hybridized carbons (Fsp3) is 0.619. The van der Waals surface area contributed by atoms with Crippen molar-refractivity contribution in [1.82, 2.24) is 25.9 Å². The molecule has 0 bridgehead atoms. The third-order valence-electron chi connectivity index (χ3n) is 4.99. The third-order valence-corrected chi connectivity index (χ3v) is 4.99. The zero-order valence-electron chi connectivity index (χ0n) is 19.8. The normalized spacial score (nSPS) is 14.7. The van der Waals surface area contributed by atoms with Gasteiger partial charge >= 0.3 is 5.97 Å². The SMILES string of the molecule is CC(C)CC(NC(=O)C(N)C(C)C)C(=O)NC(CC(N)=O)C(=O)NC(Cc1cnc[nH]1)C(=O)O. The van der Waals surface area contributed by atoms with Gasteiger partial charge in [-0.25, -0.2) is 9.78 Å². The number of nitrogens with one attached hydrogen (secondary N) is 4. The van der Waals surface area contributed by atoms with Crippen molar-refractivity contribution in [2.75, 3.05) is 0 Å². The van der Waals surface area contributed by atoms with Crippen LogP contribution in [0.3, 0.4) is 0 Å². The van der Waals surface area contributed by atoms with Gasteiger partial charge in [-0.1, -0.05) is 27.7 Å². The van der Waals surface area contributed by atoms with Crippen molar-refractivity contribution in [3.8, 4) is 0 Å². The summed E-state index contributed by atoms with van der Waals surface area (Å²) < 4.78 is 0. The number of carbonyl (C=O) groups excluding carboxylic acids is 4. The number of aromatic nitrogens is 2. The largest absolute Gasteiger partial charge is 0.480 e. The molecular weight excluding hydrogens is 446 g/mol. The van der Waals surface area contributed by atoms with Crippen LogP contribution in [0.25, 0.3) is 0 Å². The molecule has 190 valence electrons. The highest BCUT2D eigenvalue weighted by molar-refractivity contribution is 5.96. The van der Waals surface area contributed by atoms with Crippen LogP contribution in [-0.4, -0.2) is 68.8 Å². The maximum Gasteiger partial charge on any atom is 0.326 e. The minimum atomic E-state index is -1.45. The van der Waals surface area contributed by atoms with E-state index in [1.807, 2.05) is 13.8 Å². The van der Waals surface area contributed by atoms with E-state index in [2.05, 4.69) is 25.9 Å². The van der Waals surface area contributed by atoms with Gasteiger partial charge in [-0.2, -0.15) is 0 Å². The number of carbonyl (C=O) groups is 5. The molecule has 1 aromatic heterocycles. The highest BCUT2D eigenvalue weighted by atomic mass is 16.4. The summed E-state index contributed by atoms with van der Waals surface area (Å²) in [6.45, 7) is 7.21. The Bertz CT molecular complexity index is 856. The van der Waals surface area contributed by atoms with Gasteiger partial charge in [-0.3, -0.25) is 19.2 Å². The Balaban J connectivity index is 2.99. The number of nitrogens with zero attached hydrogens (tertiary/aromatic N) is 1. The van der Waals surface area contributed by atoms with E-state index in [1.165, 1.54) is 12.5 Å². The summed E-state index contributed by atoms with van der Waals surface area (Å²) in [6.07, 6.45) is 2.34. The fourth-order valence-electron chi connectivity index (χ4n) is 3.05. The van der Waals surface area contributed by atoms with Crippen molar-refractivity contribution < 1.29 is 29.1 Å². The second-order valence-electron chi connectivity index (χ2n) is 8.87. The molecule has 0 saturated carbocycles. The molecule has 9 N–H and O–H groups in total. The van der Waals surface area contributed by atoms with Crippen molar-refractivity contribution in [2.24, 2.45) is 23.3 Å². The van der Waals surface area contributed by atoms with Crippen LogP contribution in [0.1, 0.15) is 46.2 Å². The first-order chi connectivity index (χ1) is 15.8. The van der Waals surface area contributed by atoms with E-state index in [1.54, 1.807) is 13.8 Å². The quantitative estimate of drug-likeness (QED) is 0.163. The lowest BCUT2D eigenvalue weighted by Gasteiger charge is -2.26. The van der Waals surface area contributed by atoms with Crippen LogP contribution in [0.4, 0.5) is 0 Å². The molecule has 4 atom stereocenters. The fourth-order valence-corrected chi connectivity index (χ4v) is 3.05. The van der Waals surface area contributed by atoms with Gasteiger partial charge < -0.3 is 37.5 Å². The smallest absolute Gasteiger partial charge is 0.326 e. The Kier molecular flexibility index (Phi) is 11.2. The van der Waals surface area contributed by atoms with E-state index in [9.17, 15) is 29.1 Å². The maximum absolute atomic E-state index is 13.0. The van der Waals surface area contributed by atoms with Crippen molar-refractivity contribution in [2.45, 2.75) is 71.1 Å². The average molecular weight is 482 g/mol. The summed E-state index contributed by atoms with van der Waals surface area (Å²) in [6, 6.07) is -4.67. The van der Waals surface area contributed by atoms with E-state index < -0.39 is 60.2 Å². The number of carboxylic acids is 1. The molecule has 4 unspecified atom stereocenters. The van der Waals surface area contributed by atoms with E-state index in [0.717, 1.165) is 0 Å². The molecule has 0 aliphatic rings. The van der Waals surface area contributed by atoms with Gasteiger partial charge in [0.1, 0.15) is 18.1 Å². The summed E-state index contributed by atoms with van der Waals surface area (Å²) in [7, 11) is 0. The Morgan fingerprint density at radius 2 is 1.53 bits per heavy atom. The summed E-state index contributed by atoms with van der Waals surface area (Å²) in [5.41, 5.74) is 11.6. The monoisotopic (exact) mass is 481 g/mol. The van der Waals surface area contributed by atoms with Crippen molar-refractivity contribution in [3.05, 3.63) is 18.2 Å². The lowest BCUT2D eigenvalue weighted by Crippen LogP contribution is -2.58. The molecule has 0 fully saturated rings. The molecule has 1 aromatic rings. The number of aliphatic carboxylic acids is 1. The first-order valence-corrected chi connectivity index (χ1v) is 11.0. The van der Waals surface area contributed by atoms with E-state index in [-0.39, 0.29) is 24.7 Å².